The average Bonchev–Trinajstić information content (AvgIpc) is 2.91. The molecule has 2 N–H and O–H groups in total. The molecule has 3 atom stereocenters. The van der Waals surface area contributed by atoms with Gasteiger partial charge < -0.3 is 24.8 Å². The van der Waals surface area contributed by atoms with Crippen molar-refractivity contribution < 1.29 is 19.4 Å². The number of aliphatic hydroxyl groups is 1. The third kappa shape index (κ3) is 4.89. The number of benzene rings is 1. The quantitative estimate of drug-likeness (QED) is 0.557. The standard InChI is InChI=1S/C27H32N4O4/c1-34-24-8-7-22-25(30-24)23(10-13-28-22)31-14-11-20-15-21(9-12-27(20,17-31)18-32)29-26(33)35-16-19-5-3-2-4-6-19/h2-8,10,13,20-21,32H,9,11-12,14-18H2,1H3,(H,29,33)/t20-,21-,27+/m0/s1. The van der Waals surface area contributed by atoms with Gasteiger partial charge in [0.15, 0.2) is 0 Å². The fourth-order valence-corrected chi connectivity index (χ4v) is 5.67. The van der Waals surface area contributed by atoms with E-state index in [0.29, 0.717) is 11.8 Å². The Morgan fingerprint density at radius 1 is 1.20 bits per heavy atom. The van der Waals surface area contributed by atoms with E-state index < -0.39 is 0 Å². The SMILES string of the molecule is COc1ccc2nccc(N3CC[C@H]4C[C@@H](NC(=O)OCc5ccccc5)CC[C@]4(CO)C3)c2n1. The number of anilines is 1. The summed E-state index contributed by atoms with van der Waals surface area (Å²) < 4.78 is 10.8. The van der Waals surface area contributed by atoms with Crippen LogP contribution in [0.2, 0.25) is 0 Å². The molecule has 1 aliphatic carbocycles. The van der Waals surface area contributed by atoms with Crippen LogP contribution in [0.1, 0.15) is 31.2 Å². The third-order valence-electron chi connectivity index (χ3n) is 7.62. The number of aliphatic hydroxyl groups excluding tert-OH is 1. The lowest BCUT2D eigenvalue weighted by atomic mass is 9.62. The van der Waals surface area contributed by atoms with Crippen LogP contribution in [-0.4, -0.2) is 54.0 Å². The molecule has 1 saturated carbocycles. The number of hydrogen-bond acceptors (Lipinski definition) is 7. The second-order valence-corrected chi connectivity index (χ2v) is 9.66. The Balaban J connectivity index is 1.25. The first-order valence-electron chi connectivity index (χ1n) is 12.2. The van der Waals surface area contributed by atoms with Crippen LogP contribution >= 0.6 is 0 Å². The Morgan fingerprint density at radius 3 is 2.86 bits per heavy atom. The normalized spacial score (nSPS) is 24.0. The molecule has 2 fully saturated rings. The molecule has 1 saturated heterocycles. The molecule has 8 heteroatoms. The highest BCUT2D eigenvalue weighted by Gasteiger charge is 2.47. The molecule has 0 spiro atoms. The lowest BCUT2D eigenvalue weighted by Gasteiger charge is -2.52. The van der Waals surface area contributed by atoms with Crippen molar-refractivity contribution in [2.75, 3.05) is 31.7 Å². The Morgan fingerprint density at radius 2 is 2.06 bits per heavy atom. The van der Waals surface area contributed by atoms with Crippen LogP contribution in [0, 0.1) is 11.3 Å². The largest absolute Gasteiger partial charge is 0.481 e. The van der Waals surface area contributed by atoms with Crippen molar-refractivity contribution in [2.24, 2.45) is 11.3 Å². The summed E-state index contributed by atoms with van der Waals surface area (Å²) in [6, 6.07) is 15.5. The fourth-order valence-electron chi connectivity index (χ4n) is 5.67. The molecule has 2 aromatic heterocycles. The van der Waals surface area contributed by atoms with Crippen LogP contribution in [0.15, 0.2) is 54.7 Å². The Kier molecular flexibility index (Phi) is 6.72. The van der Waals surface area contributed by atoms with Gasteiger partial charge in [-0.05, 0) is 49.3 Å². The number of nitrogens with one attached hydrogen (secondary N) is 1. The predicted molar refractivity (Wildman–Crippen MR) is 133 cm³/mol. The molecule has 1 aliphatic heterocycles. The van der Waals surface area contributed by atoms with Gasteiger partial charge >= 0.3 is 6.09 Å². The number of amides is 1. The molecular formula is C27H32N4O4. The smallest absolute Gasteiger partial charge is 0.407 e. The monoisotopic (exact) mass is 476 g/mol. The van der Waals surface area contributed by atoms with E-state index in [1.54, 1.807) is 7.11 Å². The van der Waals surface area contributed by atoms with E-state index in [1.807, 2.05) is 54.7 Å². The summed E-state index contributed by atoms with van der Waals surface area (Å²) in [6.07, 6.45) is 4.87. The molecule has 3 heterocycles. The topological polar surface area (TPSA) is 96.8 Å². The molecule has 0 unspecified atom stereocenters. The number of carbonyl (C=O) groups is 1. The van der Waals surface area contributed by atoms with Gasteiger partial charge in [0, 0.05) is 36.8 Å². The van der Waals surface area contributed by atoms with Crippen molar-refractivity contribution in [2.45, 2.75) is 38.3 Å². The third-order valence-corrected chi connectivity index (χ3v) is 7.62. The molecule has 0 radical (unpaired) electrons. The van der Waals surface area contributed by atoms with Crippen molar-refractivity contribution in [1.82, 2.24) is 15.3 Å². The maximum Gasteiger partial charge on any atom is 0.407 e. The van der Waals surface area contributed by atoms with Crippen LogP contribution in [0.4, 0.5) is 10.5 Å². The second-order valence-electron chi connectivity index (χ2n) is 9.66. The van der Waals surface area contributed by atoms with E-state index in [-0.39, 0.29) is 30.8 Å². The number of aromatic nitrogens is 2. The maximum absolute atomic E-state index is 12.4. The molecule has 5 rings (SSSR count). The summed E-state index contributed by atoms with van der Waals surface area (Å²) in [4.78, 5) is 23.8. The van der Waals surface area contributed by atoms with Gasteiger partial charge in [-0.25, -0.2) is 9.78 Å². The fraction of sp³-hybridized carbons (Fsp3) is 0.444. The molecule has 2 aliphatic rings. The highest BCUT2D eigenvalue weighted by atomic mass is 16.5. The van der Waals surface area contributed by atoms with Crippen LogP contribution in [0.25, 0.3) is 11.0 Å². The molecule has 3 aromatic rings. The number of pyridine rings is 2. The maximum atomic E-state index is 12.4. The Bertz CT molecular complexity index is 1170. The first-order chi connectivity index (χ1) is 17.1. The number of fused-ring (bicyclic) bond motifs is 2. The van der Waals surface area contributed by atoms with E-state index in [0.717, 1.165) is 61.1 Å². The molecule has 1 aromatic carbocycles. The average molecular weight is 477 g/mol. The van der Waals surface area contributed by atoms with Crippen LogP contribution in [0.5, 0.6) is 5.88 Å². The molecule has 184 valence electrons. The van der Waals surface area contributed by atoms with E-state index in [1.165, 1.54) is 0 Å². The first kappa shape index (κ1) is 23.4. The van der Waals surface area contributed by atoms with Crippen molar-refractivity contribution >= 4 is 22.8 Å². The Hall–Kier alpha value is -3.39. The minimum absolute atomic E-state index is 0.0576. The summed E-state index contributed by atoms with van der Waals surface area (Å²) in [7, 11) is 1.61. The minimum atomic E-state index is -0.379. The van der Waals surface area contributed by atoms with Gasteiger partial charge in [-0.2, -0.15) is 0 Å². The first-order valence-corrected chi connectivity index (χ1v) is 12.2. The van der Waals surface area contributed by atoms with Crippen molar-refractivity contribution in [1.29, 1.82) is 0 Å². The lowest BCUT2D eigenvalue weighted by molar-refractivity contribution is 0.00116. The molecule has 0 bridgehead atoms. The molecule has 1 amide bonds. The summed E-state index contributed by atoms with van der Waals surface area (Å²) in [5.41, 5.74) is 3.41. The van der Waals surface area contributed by atoms with Gasteiger partial charge in [0.05, 0.1) is 24.9 Å². The van der Waals surface area contributed by atoms with Crippen LogP contribution in [0.3, 0.4) is 0 Å². The predicted octanol–water partition coefficient (Wildman–Crippen LogP) is 3.92. The van der Waals surface area contributed by atoms with Crippen LogP contribution in [-0.2, 0) is 11.3 Å². The zero-order valence-corrected chi connectivity index (χ0v) is 20.0. The van der Waals surface area contributed by atoms with Crippen molar-refractivity contribution in [3.63, 3.8) is 0 Å². The number of methoxy groups -OCH3 is 1. The number of piperidine rings is 1. The number of alkyl carbamates (subject to hydrolysis) is 1. The second kappa shape index (κ2) is 10.1. The van der Waals surface area contributed by atoms with Gasteiger partial charge in [0.25, 0.3) is 0 Å². The highest BCUT2D eigenvalue weighted by Crippen LogP contribution is 2.47. The van der Waals surface area contributed by atoms with Gasteiger partial charge in [-0.15, -0.1) is 0 Å². The number of hydrogen-bond donors (Lipinski definition) is 2. The van der Waals surface area contributed by atoms with Gasteiger partial charge in [0.2, 0.25) is 5.88 Å². The minimum Gasteiger partial charge on any atom is -0.481 e. The zero-order chi connectivity index (χ0) is 24.3. The molecule has 8 nitrogen and oxygen atoms in total. The number of ether oxygens (including phenoxy) is 2. The lowest BCUT2D eigenvalue weighted by Crippen LogP contribution is -2.56. The van der Waals surface area contributed by atoms with Crippen molar-refractivity contribution in [3.05, 3.63) is 60.3 Å². The van der Waals surface area contributed by atoms with E-state index in [9.17, 15) is 9.90 Å². The zero-order valence-electron chi connectivity index (χ0n) is 20.0. The highest BCUT2D eigenvalue weighted by molar-refractivity contribution is 5.88. The van der Waals surface area contributed by atoms with Gasteiger partial charge in [0.1, 0.15) is 12.1 Å². The number of carbonyl (C=O) groups excluding carboxylic acids is 1. The molecular weight excluding hydrogens is 444 g/mol. The molecule has 35 heavy (non-hydrogen) atoms. The van der Waals surface area contributed by atoms with E-state index >= 15 is 0 Å². The van der Waals surface area contributed by atoms with Crippen LogP contribution < -0.4 is 15.0 Å². The Labute approximate surface area is 205 Å². The van der Waals surface area contributed by atoms with E-state index in [4.69, 9.17) is 9.47 Å². The number of nitrogens with zero attached hydrogens (tertiary/aromatic N) is 3. The summed E-state index contributed by atoms with van der Waals surface area (Å²) in [5, 5.41) is 13.6. The van der Waals surface area contributed by atoms with Crippen molar-refractivity contribution in [3.8, 4) is 5.88 Å². The summed E-state index contributed by atoms with van der Waals surface area (Å²) >= 11 is 0. The van der Waals surface area contributed by atoms with Gasteiger partial charge in [-0.1, -0.05) is 30.3 Å². The summed E-state index contributed by atoms with van der Waals surface area (Å²) in [5.74, 6) is 0.886. The number of rotatable bonds is 6. The van der Waals surface area contributed by atoms with Gasteiger partial charge in [-0.3, -0.25) is 4.98 Å². The van der Waals surface area contributed by atoms with E-state index in [2.05, 4.69) is 20.2 Å². The summed E-state index contributed by atoms with van der Waals surface area (Å²) in [6.45, 7) is 1.99.